The molecule has 3 nitrogen and oxygen atoms in total. The Morgan fingerprint density at radius 1 is 1.20 bits per heavy atom. The second-order valence-corrected chi connectivity index (χ2v) is 5.06. The van der Waals surface area contributed by atoms with Gasteiger partial charge in [0.15, 0.2) is 0 Å². The molecular weight excluding hydrogens is 212 g/mol. The second-order valence-electron chi connectivity index (χ2n) is 4.79. The van der Waals surface area contributed by atoms with Gasteiger partial charge in [-0.05, 0) is 31.1 Å². The van der Waals surface area contributed by atoms with Gasteiger partial charge < -0.3 is 4.42 Å². The molecule has 1 unspecified atom stereocenters. The van der Waals surface area contributed by atoms with E-state index in [9.17, 15) is 0 Å². The molecule has 0 radical (unpaired) electrons. The summed E-state index contributed by atoms with van der Waals surface area (Å²) >= 11 is 5.66. The first-order valence-corrected chi connectivity index (χ1v) is 6.28. The Labute approximate surface area is 94.2 Å². The van der Waals surface area contributed by atoms with Gasteiger partial charge in [0, 0.05) is 5.92 Å². The summed E-state index contributed by atoms with van der Waals surface area (Å²) < 4.78 is 5.57. The van der Waals surface area contributed by atoms with Gasteiger partial charge in [0.2, 0.25) is 11.8 Å². The van der Waals surface area contributed by atoms with Crippen LogP contribution in [0.3, 0.4) is 0 Å². The molecule has 1 heterocycles. The molecule has 0 N–H and O–H groups in total. The van der Waals surface area contributed by atoms with Crippen molar-refractivity contribution >= 4 is 11.6 Å². The first-order chi connectivity index (χ1) is 7.36. The van der Waals surface area contributed by atoms with Crippen molar-refractivity contribution < 1.29 is 4.42 Å². The molecule has 82 valence electrons. The van der Waals surface area contributed by atoms with Gasteiger partial charge in [-0.15, -0.1) is 21.8 Å². The number of rotatable bonds is 2. The number of aromatic nitrogens is 2. The molecule has 0 aliphatic heterocycles. The number of halogens is 1. The Hall–Kier alpha value is -0.570. The van der Waals surface area contributed by atoms with E-state index >= 15 is 0 Å². The lowest BCUT2D eigenvalue weighted by molar-refractivity contribution is 0.127. The third-order valence-corrected chi connectivity index (χ3v) is 4.19. The molecule has 3 aliphatic carbocycles. The molecule has 1 aromatic heterocycles. The molecule has 1 atom stereocenters. The fourth-order valence-electron chi connectivity index (χ4n) is 3.15. The molecule has 1 aromatic rings. The fourth-order valence-corrected chi connectivity index (χ4v) is 3.26. The largest absolute Gasteiger partial charge is 0.424 e. The van der Waals surface area contributed by atoms with E-state index in [1.807, 2.05) is 0 Å². The van der Waals surface area contributed by atoms with Crippen LogP contribution in [0.2, 0.25) is 0 Å². The third-order valence-electron chi connectivity index (χ3n) is 3.96. The predicted octanol–water partition coefficient (Wildman–Crippen LogP) is 3.10. The highest BCUT2D eigenvalue weighted by atomic mass is 35.5. The van der Waals surface area contributed by atoms with E-state index in [0.29, 0.717) is 17.7 Å². The summed E-state index contributed by atoms with van der Waals surface area (Å²) in [5.41, 5.74) is 0. The molecule has 3 fully saturated rings. The second kappa shape index (κ2) is 3.78. The lowest BCUT2D eigenvalue weighted by Gasteiger charge is -2.40. The van der Waals surface area contributed by atoms with Crippen molar-refractivity contribution in [2.24, 2.45) is 11.8 Å². The van der Waals surface area contributed by atoms with Crippen LogP contribution in [0.1, 0.15) is 49.8 Å². The molecule has 4 rings (SSSR count). The van der Waals surface area contributed by atoms with E-state index in [1.54, 1.807) is 0 Å². The van der Waals surface area contributed by atoms with Crippen molar-refractivity contribution in [3.8, 4) is 0 Å². The van der Waals surface area contributed by atoms with E-state index in [2.05, 4.69) is 10.2 Å². The molecule has 3 aliphatic rings. The Morgan fingerprint density at radius 2 is 2.00 bits per heavy atom. The van der Waals surface area contributed by atoms with Crippen molar-refractivity contribution in [3.63, 3.8) is 0 Å². The van der Waals surface area contributed by atoms with Gasteiger partial charge >= 0.3 is 0 Å². The standard InChI is InChI=1S/C11H15ClN2O/c12-6-10-13-14-11(15-10)9-5-7-1-3-8(9)4-2-7/h7-9H,1-6H2. The minimum Gasteiger partial charge on any atom is -0.424 e. The summed E-state index contributed by atoms with van der Waals surface area (Å²) in [7, 11) is 0. The van der Waals surface area contributed by atoms with Crippen molar-refractivity contribution in [2.45, 2.75) is 43.9 Å². The Kier molecular flexibility index (Phi) is 2.43. The summed E-state index contributed by atoms with van der Waals surface area (Å²) in [6.07, 6.45) is 6.73. The zero-order valence-corrected chi connectivity index (χ0v) is 9.41. The molecule has 0 amide bonds. The molecular formula is C11H15ClN2O. The third kappa shape index (κ3) is 1.67. The summed E-state index contributed by atoms with van der Waals surface area (Å²) in [5.74, 6) is 3.91. The molecule has 3 saturated carbocycles. The first-order valence-electron chi connectivity index (χ1n) is 5.75. The van der Waals surface area contributed by atoms with Crippen LogP contribution in [0, 0.1) is 11.8 Å². The number of fused-ring (bicyclic) bond motifs is 3. The Balaban J connectivity index is 1.81. The van der Waals surface area contributed by atoms with Crippen LogP contribution in [0.5, 0.6) is 0 Å². The Morgan fingerprint density at radius 3 is 2.53 bits per heavy atom. The first kappa shape index (κ1) is 9.64. The number of hydrogen-bond acceptors (Lipinski definition) is 3. The fraction of sp³-hybridized carbons (Fsp3) is 0.818. The highest BCUT2D eigenvalue weighted by molar-refractivity contribution is 6.16. The maximum atomic E-state index is 5.66. The van der Waals surface area contributed by atoms with Gasteiger partial charge in [0.1, 0.15) is 5.88 Å². The number of nitrogens with zero attached hydrogens (tertiary/aromatic N) is 2. The van der Waals surface area contributed by atoms with Gasteiger partial charge in [0.25, 0.3) is 0 Å². The molecule has 15 heavy (non-hydrogen) atoms. The predicted molar refractivity (Wildman–Crippen MR) is 56.7 cm³/mol. The molecule has 4 heteroatoms. The lowest BCUT2D eigenvalue weighted by Crippen LogP contribution is -2.29. The highest BCUT2D eigenvalue weighted by Gasteiger charge is 2.38. The molecule has 0 spiro atoms. The van der Waals surface area contributed by atoms with Crippen LogP contribution in [-0.4, -0.2) is 10.2 Å². The minimum absolute atomic E-state index is 0.327. The summed E-state index contributed by atoms with van der Waals surface area (Å²) in [6, 6.07) is 0. The van der Waals surface area contributed by atoms with Gasteiger partial charge in [0.05, 0.1) is 0 Å². The summed E-state index contributed by atoms with van der Waals surface area (Å²) in [6.45, 7) is 0. The van der Waals surface area contributed by atoms with E-state index in [4.69, 9.17) is 16.0 Å². The maximum Gasteiger partial charge on any atom is 0.231 e. The van der Waals surface area contributed by atoms with Crippen LogP contribution < -0.4 is 0 Å². The van der Waals surface area contributed by atoms with E-state index in [0.717, 1.165) is 17.7 Å². The minimum atomic E-state index is 0.327. The monoisotopic (exact) mass is 226 g/mol. The topological polar surface area (TPSA) is 38.9 Å². The van der Waals surface area contributed by atoms with Gasteiger partial charge in [-0.1, -0.05) is 12.8 Å². The maximum absolute atomic E-state index is 5.66. The average Bonchev–Trinajstić information content (AvgIpc) is 2.79. The number of hydrogen-bond donors (Lipinski definition) is 0. The zero-order valence-electron chi connectivity index (χ0n) is 8.66. The van der Waals surface area contributed by atoms with Gasteiger partial charge in [-0.2, -0.15) is 0 Å². The quantitative estimate of drug-likeness (QED) is 0.728. The molecule has 0 saturated heterocycles. The van der Waals surface area contributed by atoms with E-state index in [1.165, 1.54) is 32.1 Å². The highest BCUT2D eigenvalue weighted by Crippen LogP contribution is 2.49. The van der Waals surface area contributed by atoms with Crippen LogP contribution in [0.4, 0.5) is 0 Å². The van der Waals surface area contributed by atoms with Crippen LogP contribution in [0.25, 0.3) is 0 Å². The van der Waals surface area contributed by atoms with Crippen molar-refractivity contribution in [3.05, 3.63) is 11.8 Å². The average molecular weight is 227 g/mol. The summed E-state index contributed by atoms with van der Waals surface area (Å²) in [4.78, 5) is 0. The van der Waals surface area contributed by atoms with Gasteiger partial charge in [-0.25, -0.2) is 0 Å². The SMILES string of the molecule is ClCc1nnc(C2CC3CCC2CC3)o1. The van der Waals surface area contributed by atoms with Crippen molar-refractivity contribution in [1.29, 1.82) is 0 Å². The van der Waals surface area contributed by atoms with E-state index in [-0.39, 0.29) is 0 Å². The molecule has 2 bridgehead atoms. The smallest absolute Gasteiger partial charge is 0.231 e. The molecule has 0 aromatic carbocycles. The van der Waals surface area contributed by atoms with Crippen LogP contribution in [-0.2, 0) is 5.88 Å². The normalized spacial score (nSPS) is 34.6. The van der Waals surface area contributed by atoms with Crippen molar-refractivity contribution in [2.75, 3.05) is 0 Å². The van der Waals surface area contributed by atoms with Crippen LogP contribution >= 0.6 is 11.6 Å². The lowest BCUT2D eigenvalue weighted by atomic mass is 9.65. The van der Waals surface area contributed by atoms with E-state index < -0.39 is 0 Å². The Bertz CT molecular complexity index is 344. The summed E-state index contributed by atoms with van der Waals surface area (Å²) in [5, 5.41) is 8.07. The van der Waals surface area contributed by atoms with Crippen LogP contribution in [0.15, 0.2) is 4.42 Å². The van der Waals surface area contributed by atoms with Crippen molar-refractivity contribution in [1.82, 2.24) is 10.2 Å². The number of alkyl halides is 1. The van der Waals surface area contributed by atoms with Gasteiger partial charge in [-0.3, -0.25) is 0 Å². The zero-order chi connectivity index (χ0) is 10.3.